The maximum Gasteiger partial charge on any atom is 0.185 e. The van der Waals surface area contributed by atoms with Crippen LogP contribution in [0.5, 0.6) is 0 Å². The van der Waals surface area contributed by atoms with Crippen LogP contribution in [0.3, 0.4) is 0 Å². The molecule has 1 heterocycles. The number of aromatic nitrogens is 1. The highest BCUT2D eigenvalue weighted by Crippen LogP contribution is 2.21. The van der Waals surface area contributed by atoms with Crippen molar-refractivity contribution in [1.29, 1.82) is 0 Å². The van der Waals surface area contributed by atoms with E-state index in [-0.39, 0.29) is 5.78 Å². The molecule has 0 saturated heterocycles. The number of allylic oxidation sites excluding steroid dienone is 1. The van der Waals surface area contributed by atoms with E-state index in [1.807, 2.05) is 62.6 Å². The molecule has 0 saturated carbocycles. The third-order valence-corrected chi connectivity index (χ3v) is 3.68. The van der Waals surface area contributed by atoms with E-state index in [4.69, 9.17) is 0 Å². The second kappa shape index (κ2) is 5.41. The molecule has 2 nitrogen and oxygen atoms in total. The molecular weight excluding hydrogens is 258 g/mol. The highest BCUT2D eigenvalue weighted by Gasteiger charge is 2.04. The number of ketones is 1. The molecule has 3 rings (SSSR count). The Morgan fingerprint density at radius 2 is 1.76 bits per heavy atom. The SMILES string of the molecule is Cc1ccc(C(=O)/C=C/c2cn(C)c3ccccc23)cc1. The van der Waals surface area contributed by atoms with Crippen molar-refractivity contribution in [3.8, 4) is 0 Å². The number of carbonyl (C=O) groups is 1. The second-order valence-electron chi connectivity index (χ2n) is 5.28. The maximum atomic E-state index is 12.2. The van der Waals surface area contributed by atoms with Gasteiger partial charge in [0.2, 0.25) is 0 Å². The average molecular weight is 275 g/mol. The highest BCUT2D eigenvalue weighted by molar-refractivity contribution is 6.07. The Morgan fingerprint density at radius 3 is 2.52 bits per heavy atom. The first kappa shape index (κ1) is 13.4. The van der Waals surface area contributed by atoms with Gasteiger partial charge < -0.3 is 4.57 Å². The van der Waals surface area contributed by atoms with Crippen LogP contribution in [0.4, 0.5) is 0 Å². The zero-order chi connectivity index (χ0) is 14.8. The molecule has 0 fully saturated rings. The predicted molar refractivity (Wildman–Crippen MR) is 87.5 cm³/mol. The normalized spacial score (nSPS) is 11.3. The van der Waals surface area contributed by atoms with Crippen LogP contribution in [0.1, 0.15) is 21.5 Å². The Bertz CT molecular complexity index is 822. The lowest BCUT2D eigenvalue weighted by molar-refractivity contribution is 0.104. The summed E-state index contributed by atoms with van der Waals surface area (Å²) in [6, 6.07) is 15.8. The molecule has 0 amide bonds. The molecule has 0 bridgehead atoms. The molecule has 0 aliphatic heterocycles. The van der Waals surface area contributed by atoms with Crippen LogP contribution in [-0.2, 0) is 7.05 Å². The molecule has 104 valence electrons. The van der Waals surface area contributed by atoms with Gasteiger partial charge in [0.15, 0.2) is 5.78 Å². The number of hydrogen-bond acceptors (Lipinski definition) is 1. The van der Waals surface area contributed by atoms with Gasteiger partial charge in [0, 0.05) is 35.3 Å². The van der Waals surface area contributed by atoms with Crippen LogP contribution in [0.15, 0.2) is 60.8 Å². The lowest BCUT2D eigenvalue weighted by Gasteiger charge is -1.96. The van der Waals surface area contributed by atoms with Crippen molar-refractivity contribution in [2.45, 2.75) is 6.92 Å². The number of benzene rings is 2. The summed E-state index contributed by atoms with van der Waals surface area (Å²) in [5.41, 5.74) is 4.11. The van der Waals surface area contributed by atoms with Crippen molar-refractivity contribution in [2.24, 2.45) is 7.05 Å². The standard InChI is InChI=1S/C19H17NO/c1-14-7-9-15(10-8-14)19(21)12-11-16-13-20(2)18-6-4-3-5-17(16)18/h3-13H,1-2H3/b12-11+. The molecule has 0 aliphatic carbocycles. The zero-order valence-electron chi connectivity index (χ0n) is 12.2. The lowest BCUT2D eigenvalue weighted by atomic mass is 10.1. The third kappa shape index (κ3) is 2.65. The summed E-state index contributed by atoms with van der Waals surface area (Å²) in [5, 5.41) is 1.16. The van der Waals surface area contributed by atoms with Gasteiger partial charge >= 0.3 is 0 Å². The molecule has 2 heteroatoms. The van der Waals surface area contributed by atoms with Crippen molar-refractivity contribution < 1.29 is 4.79 Å². The minimum atomic E-state index is 0.0305. The summed E-state index contributed by atoms with van der Waals surface area (Å²) in [6.07, 6.45) is 5.58. The summed E-state index contributed by atoms with van der Waals surface area (Å²) in [7, 11) is 2.02. The number of fused-ring (bicyclic) bond motifs is 1. The molecule has 0 unspecified atom stereocenters. The number of para-hydroxylation sites is 1. The van der Waals surface area contributed by atoms with Gasteiger partial charge in [-0.2, -0.15) is 0 Å². The molecule has 1 aromatic heterocycles. The van der Waals surface area contributed by atoms with Crippen LogP contribution < -0.4 is 0 Å². The molecular formula is C19H17NO. The molecule has 0 radical (unpaired) electrons. The van der Waals surface area contributed by atoms with Gasteiger partial charge in [0.05, 0.1) is 0 Å². The van der Waals surface area contributed by atoms with E-state index in [0.717, 1.165) is 22.1 Å². The van der Waals surface area contributed by atoms with Gasteiger partial charge in [-0.3, -0.25) is 4.79 Å². The van der Waals surface area contributed by atoms with E-state index in [0.29, 0.717) is 0 Å². The minimum Gasteiger partial charge on any atom is -0.350 e. The van der Waals surface area contributed by atoms with Gasteiger partial charge in [-0.15, -0.1) is 0 Å². The zero-order valence-corrected chi connectivity index (χ0v) is 12.2. The largest absolute Gasteiger partial charge is 0.350 e. The van der Waals surface area contributed by atoms with Crippen molar-refractivity contribution >= 4 is 22.8 Å². The number of hydrogen-bond donors (Lipinski definition) is 0. The minimum absolute atomic E-state index is 0.0305. The summed E-state index contributed by atoms with van der Waals surface area (Å²) in [6.45, 7) is 2.01. The quantitative estimate of drug-likeness (QED) is 0.513. The molecule has 21 heavy (non-hydrogen) atoms. The fraction of sp³-hybridized carbons (Fsp3) is 0.105. The van der Waals surface area contributed by atoms with Crippen molar-refractivity contribution in [2.75, 3.05) is 0 Å². The number of carbonyl (C=O) groups excluding carboxylic acids is 1. The Kier molecular flexibility index (Phi) is 3.44. The van der Waals surface area contributed by atoms with Crippen molar-refractivity contribution in [3.05, 3.63) is 77.5 Å². The van der Waals surface area contributed by atoms with Crippen LogP contribution in [0.25, 0.3) is 17.0 Å². The van der Waals surface area contributed by atoms with Gasteiger partial charge in [-0.25, -0.2) is 0 Å². The van der Waals surface area contributed by atoms with Gasteiger partial charge in [-0.1, -0.05) is 48.0 Å². The first-order chi connectivity index (χ1) is 10.1. The van der Waals surface area contributed by atoms with Crippen molar-refractivity contribution in [1.82, 2.24) is 4.57 Å². The summed E-state index contributed by atoms with van der Waals surface area (Å²) < 4.78 is 2.07. The highest BCUT2D eigenvalue weighted by atomic mass is 16.1. The number of rotatable bonds is 3. The maximum absolute atomic E-state index is 12.2. The smallest absolute Gasteiger partial charge is 0.185 e. The van der Waals surface area contributed by atoms with Crippen LogP contribution >= 0.6 is 0 Å². The Morgan fingerprint density at radius 1 is 1.05 bits per heavy atom. The van der Waals surface area contributed by atoms with Crippen LogP contribution in [0, 0.1) is 6.92 Å². The predicted octanol–water partition coefficient (Wildman–Crippen LogP) is 4.38. The van der Waals surface area contributed by atoms with E-state index in [1.165, 1.54) is 5.52 Å². The molecule has 2 aromatic carbocycles. The van der Waals surface area contributed by atoms with E-state index in [1.54, 1.807) is 6.08 Å². The van der Waals surface area contributed by atoms with Gasteiger partial charge in [0.25, 0.3) is 0 Å². The molecule has 0 N–H and O–H groups in total. The van der Waals surface area contributed by atoms with E-state index < -0.39 is 0 Å². The molecule has 0 spiro atoms. The average Bonchev–Trinajstić information content (AvgIpc) is 2.83. The first-order valence-electron chi connectivity index (χ1n) is 6.98. The fourth-order valence-electron chi connectivity index (χ4n) is 2.49. The lowest BCUT2D eigenvalue weighted by Crippen LogP contribution is -1.93. The van der Waals surface area contributed by atoms with Crippen LogP contribution in [0.2, 0.25) is 0 Å². The van der Waals surface area contributed by atoms with Gasteiger partial charge in [-0.05, 0) is 25.1 Å². The fourth-order valence-corrected chi connectivity index (χ4v) is 2.49. The second-order valence-corrected chi connectivity index (χ2v) is 5.28. The summed E-state index contributed by atoms with van der Waals surface area (Å²) in [5.74, 6) is 0.0305. The first-order valence-corrected chi connectivity index (χ1v) is 6.98. The number of nitrogens with zero attached hydrogens (tertiary/aromatic N) is 1. The topological polar surface area (TPSA) is 22.0 Å². The van der Waals surface area contributed by atoms with Crippen LogP contribution in [-0.4, -0.2) is 10.4 Å². The Hall–Kier alpha value is -2.61. The Balaban J connectivity index is 1.91. The van der Waals surface area contributed by atoms with Gasteiger partial charge in [0.1, 0.15) is 0 Å². The van der Waals surface area contributed by atoms with Crippen molar-refractivity contribution in [3.63, 3.8) is 0 Å². The molecule has 3 aromatic rings. The van der Waals surface area contributed by atoms with E-state index in [9.17, 15) is 4.79 Å². The summed E-state index contributed by atoms with van der Waals surface area (Å²) >= 11 is 0. The third-order valence-electron chi connectivity index (χ3n) is 3.68. The number of aryl methyl sites for hydroxylation is 2. The van der Waals surface area contributed by atoms with E-state index >= 15 is 0 Å². The molecule has 0 atom stereocenters. The monoisotopic (exact) mass is 275 g/mol. The summed E-state index contributed by atoms with van der Waals surface area (Å²) in [4.78, 5) is 12.2. The van der Waals surface area contributed by atoms with E-state index in [2.05, 4.69) is 16.7 Å². The Labute approximate surface area is 124 Å². The molecule has 0 aliphatic rings.